The normalized spacial score (nSPS) is 17.2. The summed E-state index contributed by atoms with van der Waals surface area (Å²) in [6, 6.07) is 14.9. The molecule has 0 bridgehead atoms. The molecule has 0 radical (unpaired) electrons. The van der Waals surface area contributed by atoms with Gasteiger partial charge in [-0.15, -0.1) is 0 Å². The second-order valence-electron chi connectivity index (χ2n) is 6.54. The molecule has 1 atom stereocenters. The molecule has 0 amide bonds. The van der Waals surface area contributed by atoms with E-state index in [0.717, 1.165) is 24.5 Å². The van der Waals surface area contributed by atoms with E-state index in [4.69, 9.17) is 5.73 Å². The standard InChI is InChI=1S/C19H22N6/c1-14-10-17(20)25(23-14)19-12-18(21-13-22-19)24-9-5-8-16(24)11-15-6-3-2-4-7-15/h2-4,6-7,10,12-13,16H,5,8-9,11,20H2,1H3. The van der Waals surface area contributed by atoms with Crippen LogP contribution < -0.4 is 10.6 Å². The Balaban J connectivity index is 1.60. The van der Waals surface area contributed by atoms with E-state index in [1.165, 1.54) is 18.4 Å². The number of nitrogen functional groups attached to an aromatic ring is 1. The summed E-state index contributed by atoms with van der Waals surface area (Å²) in [7, 11) is 0. The van der Waals surface area contributed by atoms with Crippen LogP contribution in [0.25, 0.3) is 5.82 Å². The van der Waals surface area contributed by atoms with E-state index < -0.39 is 0 Å². The van der Waals surface area contributed by atoms with Gasteiger partial charge in [0.05, 0.1) is 5.69 Å². The molecule has 4 rings (SSSR count). The lowest BCUT2D eigenvalue weighted by Gasteiger charge is -2.26. The Morgan fingerprint density at radius 3 is 2.68 bits per heavy atom. The summed E-state index contributed by atoms with van der Waals surface area (Å²) in [5, 5.41) is 4.42. The van der Waals surface area contributed by atoms with Crippen molar-refractivity contribution in [1.29, 1.82) is 0 Å². The summed E-state index contributed by atoms with van der Waals surface area (Å²) >= 11 is 0. The second kappa shape index (κ2) is 6.55. The summed E-state index contributed by atoms with van der Waals surface area (Å²) in [5.74, 6) is 2.24. The van der Waals surface area contributed by atoms with Gasteiger partial charge in [-0.1, -0.05) is 30.3 Å². The van der Waals surface area contributed by atoms with Crippen molar-refractivity contribution in [1.82, 2.24) is 19.7 Å². The largest absolute Gasteiger partial charge is 0.384 e. The Morgan fingerprint density at radius 2 is 1.92 bits per heavy atom. The molecule has 1 fully saturated rings. The van der Waals surface area contributed by atoms with E-state index in [1.807, 2.05) is 19.1 Å². The van der Waals surface area contributed by atoms with E-state index in [-0.39, 0.29) is 0 Å². The van der Waals surface area contributed by atoms with Crippen LogP contribution in [0.3, 0.4) is 0 Å². The van der Waals surface area contributed by atoms with Crippen molar-refractivity contribution in [3.05, 3.63) is 60.0 Å². The Bertz CT molecular complexity index is 857. The number of hydrogen-bond donors (Lipinski definition) is 1. The molecule has 1 saturated heterocycles. The summed E-state index contributed by atoms with van der Waals surface area (Å²) in [5.41, 5.74) is 8.27. The molecule has 2 aromatic heterocycles. The van der Waals surface area contributed by atoms with Gasteiger partial charge in [0, 0.05) is 24.7 Å². The van der Waals surface area contributed by atoms with Gasteiger partial charge in [-0.05, 0) is 31.7 Å². The van der Waals surface area contributed by atoms with Crippen molar-refractivity contribution < 1.29 is 0 Å². The third-order valence-corrected chi connectivity index (χ3v) is 4.70. The minimum atomic E-state index is 0.460. The number of benzene rings is 1. The highest BCUT2D eigenvalue weighted by Crippen LogP contribution is 2.27. The average molecular weight is 334 g/mol. The molecule has 0 aliphatic carbocycles. The molecular formula is C19H22N6. The molecule has 3 aromatic rings. The van der Waals surface area contributed by atoms with Crippen LogP contribution in [0, 0.1) is 6.92 Å². The van der Waals surface area contributed by atoms with E-state index in [9.17, 15) is 0 Å². The number of hydrogen-bond acceptors (Lipinski definition) is 5. The van der Waals surface area contributed by atoms with Crippen molar-refractivity contribution in [2.24, 2.45) is 0 Å². The third-order valence-electron chi connectivity index (χ3n) is 4.70. The van der Waals surface area contributed by atoms with Crippen LogP contribution in [0.15, 0.2) is 48.8 Å². The molecule has 128 valence electrons. The number of nitrogens with zero attached hydrogens (tertiary/aromatic N) is 5. The lowest BCUT2D eigenvalue weighted by molar-refractivity contribution is 0.656. The highest BCUT2D eigenvalue weighted by molar-refractivity contribution is 5.48. The fraction of sp³-hybridized carbons (Fsp3) is 0.316. The van der Waals surface area contributed by atoms with Gasteiger partial charge in [-0.2, -0.15) is 9.78 Å². The maximum Gasteiger partial charge on any atom is 0.161 e. The molecular weight excluding hydrogens is 312 g/mol. The van der Waals surface area contributed by atoms with E-state index in [1.54, 1.807) is 11.0 Å². The van der Waals surface area contributed by atoms with Crippen molar-refractivity contribution in [2.45, 2.75) is 32.2 Å². The minimum absolute atomic E-state index is 0.460. The first kappa shape index (κ1) is 15.6. The molecule has 6 nitrogen and oxygen atoms in total. The second-order valence-corrected chi connectivity index (χ2v) is 6.54. The van der Waals surface area contributed by atoms with Crippen molar-refractivity contribution in [2.75, 3.05) is 17.2 Å². The SMILES string of the molecule is Cc1cc(N)n(-c2cc(N3CCCC3Cc3ccccc3)ncn2)n1. The molecule has 1 aromatic carbocycles. The minimum Gasteiger partial charge on any atom is -0.384 e. The Kier molecular flexibility index (Phi) is 4.09. The molecule has 1 aliphatic rings. The molecule has 1 aliphatic heterocycles. The van der Waals surface area contributed by atoms with Crippen molar-refractivity contribution in [3.63, 3.8) is 0 Å². The van der Waals surface area contributed by atoms with Crippen molar-refractivity contribution >= 4 is 11.6 Å². The summed E-state index contributed by atoms with van der Waals surface area (Å²) in [4.78, 5) is 11.2. The number of anilines is 2. The van der Waals surface area contributed by atoms with Crippen LogP contribution in [0.4, 0.5) is 11.6 Å². The van der Waals surface area contributed by atoms with Crippen LogP contribution in [0.2, 0.25) is 0 Å². The highest BCUT2D eigenvalue weighted by atomic mass is 15.3. The van der Waals surface area contributed by atoms with Gasteiger partial charge in [0.15, 0.2) is 5.82 Å². The number of nitrogens with two attached hydrogens (primary N) is 1. The summed E-state index contributed by atoms with van der Waals surface area (Å²) < 4.78 is 1.67. The topological polar surface area (TPSA) is 72.9 Å². The first-order chi connectivity index (χ1) is 12.2. The lowest BCUT2D eigenvalue weighted by Crippen LogP contribution is -2.31. The zero-order valence-corrected chi connectivity index (χ0v) is 14.3. The maximum atomic E-state index is 6.03. The summed E-state index contributed by atoms with van der Waals surface area (Å²) in [6.07, 6.45) is 4.99. The van der Waals surface area contributed by atoms with Crippen LogP contribution in [0.1, 0.15) is 24.1 Å². The van der Waals surface area contributed by atoms with Crippen LogP contribution >= 0.6 is 0 Å². The lowest BCUT2D eigenvalue weighted by atomic mass is 10.0. The monoisotopic (exact) mass is 334 g/mol. The fourth-order valence-corrected chi connectivity index (χ4v) is 3.55. The Labute approximate surface area is 147 Å². The third kappa shape index (κ3) is 3.20. The summed E-state index contributed by atoms with van der Waals surface area (Å²) in [6.45, 7) is 2.94. The Morgan fingerprint density at radius 1 is 1.12 bits per heavy atom. The first-order valence-corrected chi connectivity index (χ1v) is 8.66. The molecule has 3 heterocycles. The van der Waals surface area contributed by atoms with Gasteiger partial charge < -0.3 is 10.6 Å². The molecule has 25 heavy (non-hydrogen) atoms. The van der Waals surface area contributed by atoms with Gasteiger partial charge in [-0.25, -0.2) is 9.97 Å². The fourth-order valence-electron chi connectivity index (χ4n) is 3.55. The predicted molar refractivity (Wildman–Crippen MR) is 98.8 cm³/mol. The first-order valence-electron chi connectivity index (χ1n) is 8.66. The van der Waals surface area contributed by atoms with Crippen LogP contribution in [-0.2, 0) is 6.42 Å². The van der Waals surface area contributed by atoms with Gasteiger partial charge in [0.25, 0.3) is 0 Å². The van der Waals surface area contributed by atoms with E-state index >= 15 is 0 Å². The zero-order chi connectivity index (χ0) is 17.2. The number of aryl methyl sites for hydroxylation is 1. The van der Waals surface area contributed by atoms with E-state index in [2.05, 4.69) is 50.3 Å². The van der Waals surface area contributed by atoms with Gasteiger partial charge >= 0.3 is 0 Å². The molecule has 2 N–H and O–H groups in total. The average Bonchev–Trinajstić information content (AvgIpc) is 3.22. The molecule has 6 heteroatoms. The number of aromatic nitrogens is 4. The zero-order valence-electron chi connectivity index (χ0n) is 14.3. The van der Waals surface area contributed by atoms with Crippen molar-refractivity contribution in [3.8, 4) is 5.82 Å². The van der Waals surface area contributed by atoms with Crippen LogP contribution in [0.5, 0.6) is 0 Å². The molecule has 1 unspecified atom stereocenters. The van der Waals surface area contributed by atoms with Gasteiger partial charge in [0.2, 0.25) is 0 Å². The predicted octanol–water partition coefficient (Wildman–Crippen LogP) is 2.76. The highest BCUT2D eigenvalue weighted by Gasteiger charge is 2.26. The Hall–Kier alpha value is -2.89. The quantitative estimate of drug-likeness (QED) is 0.794. The maximum absolute atomic E-state index is 6.03. The molecule has 0 saturated carbocycles. The van der Waals surface area contributed by atoms with E-state index in [0.29, 0.717) is 17.7 Å². The number of rotatable bonds is 4. The smallest absolute Gasteiger partial charge is 0.161 e. The molecule has 0 spiro atoms. The van der Waals surface area contributed by atoms with Gasteiger partial charge in [-0.3, -0.25) is 0 Å². The van der Waals surface area contributed by atoms with Gasteiger partial charge in [0.1, 0.15) is 18.0 Å². The van der Waals surface area contributed by atoms with Crippen LogP contribution in [-0.4, -0.2) is 32.3 Å².